The van der Waals surface area contributed by atoms with Crippen LogP contribution in [0.3, 0.4) is 0 Å². The smallest absolute Gasteiger partial charge is 0.421 e. The van der Waals surface area contributed by atoms with Crippen LogP contribution in [0.4, 0.5) is 10.5 Å². The van der Waals surface area contributed by atoms with Gasteiger partial charge in [0.1, 0.15) is 6.61 Å². The number of carbonyl (C=O) groups is 2. The summed E-state index contributed by atoms with van der Waals surface area (Å²) in [5.74, 6) is -0.289. The SMILES string of the molecule is O=C(CNNC(=O)OCc1ccccc1)Nc1c[c]ccc1. The van der Waals surface area contributed by atoms with Crippen LogP contribution in [0.25, 0.3) is 0 Å². The molecule has 0 atom stereocenters. The molecular formula is C16H16N3O3. The van der Waals surface area contributed by atoms with E-state index in [9.17, 15) is 9.59 Å². The third kappa shape index (κ3) is 5.64. The van der Waals surface area contributed by atoms with Crippen molar-refractivity contribution in [3.05, 3.63) is 66.2 Å². The number of benzene rings is 2. The van der Waals surface area contributed by atoms with Gasteiger partial charge in [0.25, 0.3) is 0 Å². The number of hydrazine groups is 1. The van der Waals surface area contributed by atoms with Crippen molar-refractivity contribution in [2.24, 2.45) is 0 Å². The highest BCUT2D eigenvalue weighted by Gasteiger charge is 2.04. The highest BCUT2D eigenvalue weighted by Crippen LogP contribution is 2.03. The van der Waals surface area contributed by atoms with Crippen molar-refractivity contribution in [3.8, 4) is 0 Å². The van der Waals surface area contributed by atoms with Gasteiger partial charge in [0.05, 0.1) is 6.54 Å². The number of carbonyl (C=O) groups excluding carboxylic acids is 2. The van der Waals surface area contributed by atoms with E-state index < -0.39 is 6.09 Å². The minimum atomic E-state index is -0.648. The summed E-state index contributed by atoms with van der Waals surface area (Å²) in [5.41, 5.74) is 6.31. The number of anilines is 1. The molecule has 0 saturated carbocycles. The number of hydrogen-bond acceptors (Lipinski definition) is 4. The summed E-state index contributed by atoms with van der Waals surface area (Å²) in [4.78, 5) is 23.0. The van der Waals surface area contributed by atoms with Crippen LogP contribution in [0.2, 0.25) is 0 Å². The van der Waals surface area contributed by atoms with E-state index in [-0.39, 0.29) is 19.1 Å². The first-order chi connectivity index (χ1) is 10.7. The lowest BCUT2D eigenvalue weighted by atomic mass is 10.2. The molecule has 0 aromatic heterocycles. The van der Waals surface area contributed by atoms with Crippen molar-refractivity contribution in [2.45, 2.75) is 6.61 Å². The Bertz CT molecular complexity index is 603. The third-order valence-corrected chi connectivity index (χ3v) is 2.64. The van der Waals surface area contributed by atoms with Gasteiger partial charge in [-0.1, -0.05) is 42.5 Å². The molecular weight excluding hydrogens is 282 g/mol. The Hall–Kier alpha value is -2.86. The normalized spacial score (nSPS) is 9.82. The van der Waals surface area contributed by atoms with E-state index in [1.54, 1.807) is 24.3 Å². The molecule has 0 aliphatic rings. The predicted molar refractivity (Wildman–Crippen MR) is 81.7 cm³/mol. The Morgan fingerprint density at radius 1 is 1.09 bits per heavy atom. The van der Waals surface area contributed by atoms with Gasteiger partial charge in [0.15, 0.2) is 0 Å². The van der Waals surface area contributed by atoms with Crippen LogP contribution in [0, 0.1) is 6.07 Å². The van der Waals surface area contributed by atoms with Gasteiger partial charge in [-0.05, 0) is 23.8 Å². The molecule has 0 aliphatic carbocycles. The molecule has 113 valence electrons. The van der Waals surface area contributed by atoms with Crippen LogP contribution >= 0.6 is 0 Å². The summed E-state index contributed by atoms with van der Waals surface area (Å²) in [5, 5.41) is 2.65. The lowest BCUT2D eigenvalue weighted by Crippen LogP contribution is -2.42. The van der Waals surface area contributed by atoms with E-state index >= 15 is 0 Å². The summed E-state index contributed by atoms with van der Waals surface area (Å²) in [7, 11) is 0. The summed E-state index contributed by atoms with van der Waals surface area (Å²) >= 11 is 0. The van der Waals surface area contributed by atoms with E-state index in [1.165, 1.54) is 0 Å². The zero-order valence-corrected chi connectivity index (χ0v) is 11.8. The van der Waals surface area contributed by atoms with E-state index in [4.69, 9.17) is 4.74 Å². The van der Waals surface area contributed by atoms with Gasteiger partial charge in [-0.15, -0.1) is 0 Å². The summed E-state index contributed by atoms with van der Waals surface area (Å²) in [6.07, 6.45) is -0.648. The number of rotatable bonds is 6. The average Bonchev–Trinajstić information content (AvgIpc) is 2.55. The molecule has 0 aliphatic heterocycles. The number of hydrogen-bond donors (Lipinski definition) is 3. The first kappa shape index (κ1) is 15.5. The van der Waals surface area contributed by atoms with Gasteiger partial charge in [-0.2, -0.15) is 0 Å². The van der Waals surface area contributed by atoms with Crippen molar-refractivity contribution in [1.29, 1.82) is 0 Å². The van der Waals surface area contributed by atoms with Gasteiger partial charge in [0, 0.05) is 5.69 Å². The summed E-state index contributed by atoms with van der Waals surface area (Å²) < 4.78 is 4.98. The minimum absolute atomic E-state index is 0.0741. The predicted octanol–water partition coefficient (Wildman–Crippen LogP) is 1.86. The second kappa shape index (κ2) is 8.43. The van der Waals surface area contributed by atoms with Gasteiger partial charge >= 0.3 is 6.09 Å². The maximum absolute atomic E-state index is 11.6. The standard InChI is InChI=1S/C16H16N3O3/c20-15(18-14-9-5-2-6-10-14)11-17-19-16(21)22-12-13-7-3-1-4-8-13/h1-5,7-10,17H,11-12H2,(H,18,20)(H,19,21). The Balaban J connectivity index is 1.61. The zero-order chi connectivity index (χ0) is 15.6. The molecule has 0 bridgehead atoms. The summed E-state index contributed by atoms with van der Waals surface area (Å²) in [6.45, 7) is 0.0930. The van der Waals surface area contributed by atoms with Crippen LogP contribution in [-0.4, -0.2) is 18.5 Å². The monoisotopic (exact) mass is 298 g/mol. The van der Waals surface area contributed by atoms with E-state index in [1.807, 2.05) is 30.3 Å². The van der Waals surface area contributed by atoms with E-state index in [0.717, 1.165) is 5.56 Å². The second-order valence-corrected chi connectivity index (χ2v) is 4.38. The third-order valence-electron chi connectivity index (χ3n) is 2.64. The summed E-state index contributed by atoms with van der Waals surface area (Å²) in [6, 6.07) is 19.1. The van der Waals surface area contributed by atoms with Crippen LogP contribution in [0.5, 0.6) is 0 Å². The van der Waals surface area contributed by atoms with Crippen LogP contribution in [-0.2, 0) is 16.1 Å². The van der Waals surface area contributed by atoms with Gasteiger partial charge < -0.3 is 10.1 Å². The molecule has 2 amide bonds. The van der Waals surface area contributed by atoms with Crippen LogP contribution < -0.4 is 16.2 Å². The molecule has 22 heavy (non-hydrogen) atoms. The van der Waals surface area contributed by atoms with Crippen molar-refractivity contribution in [3.63, 3.8) is 0 Å². The van der Waals surface area contributed by atoms with Crippen molar-refractivity contribution >= 4 is 17.7 Å². The van der Waals surface area contributed by atoms with Crippen LogP contribution in [0.1, 0.15) is 5.56 Å². The fourth-order valence-corrected chi connectivity index (χ4v) is 1.63. The highest BCUT2D eigenvalue weighted by atomic mass is 16.6. The highest BCUT2D eigenvalue weighted by molar-refractivity contribution is 5.92. The van der Waals surface area contributed by atoms with Gasteiger partial charge in [-0.25, -0.2) is 10.2 Å². The molecule has 1 radical (unpaired) electrons. The fraction of sp³-hybridized carbons (Fsp3) is 0.125. The first-order valence-corrected chi connectivity index (χ1v) is 6.69. The molecule has 3 N–H and O–H groups in total. The first-order valence-electron chi connectivity index (χ1n) is 6.69. The van der Waals surface area contributed by atoms with Crippen molar-refractivity contribution in [1.82, 2.24) is 10.9 Å². The molecule has 0 saturated heterocycles. The molecule has 0 spiro atoms. The largest absolute Gasteiger partial charge is 0.444 e. The van der Waals surface area contributed by atoms with Crippen LogP contribution in [0.15, 0.2) is 54.6 Å². The zero-order valence-electron chi connectivity index (χ0n) is 11.8. The van der Waals surface area contributed by atoms with E-state index in [0.29, 0.717) is 5.69 Å². The van der Waals surface area contributed by atoms with Crippen molar-refractivity contribution in [2.75, 3.05) is 11.9 Å². The quantitative estimate of drug-likeness (QED) is 0.711. The number of ether oxygens (including phenoxy) is 1. The molecule has 6 nitrogen and oxygen atoms in total. The number of nitrogens with one attached hydrogen (secondary N) is 3. The Labute approximate surface area is 128 Å². The molecule has 0 unspecified atom stereocenters. The molecule has 0 fully saturated rings. The topological polar surface area (TPSA) is 79.5 Å². The van der Waals surface area contributed by atoms with Crippen molar-refractivity contribution < 1.29 is 14.3 Å². The minimum Gasteiger partial charge on any atom is -0.444 e. The molecule has 2 aromatic carbocycles. The molecule has 2 aromatic rings. The maximum atomic E-state index is 11.6. The van der Waals surface area contributed by atoms with E-state index in [2.05, 4.69) is 22.2 Å². The van der Waals surface area contributed by atoms with Gasteiger partial charge in [0.2, 0.25) is 5.91 Å². The lowest BCUT2D eigenvalue weighted by molar-refractivity contribution is -0.115. The second-order valence-electron chi connectivity index (χ2n) is 4.38. The lowest BCUT2D eigenvalue weighted by Gasteiger charge is -2.09. The Morgan fingerprint density at radius 3 is 2.64 bits per heavy atom. The average molecular weight is 298 g/mol. The maximum Gasteiger partial charge on any atom is 0.421 e. The molecule has 6 heteroatoms. The Kier molecular flexibility index (Phi) is 5.95. The molecule has 2 rings (SSSR count). The van der Waals surface area contributed by atoms with Gasteiger partial charge in [-0.3, -0.25) is 10.2 Å². The Morgan fingerprint density at radius 2 is 1.91 bits per heavy atom. The molecule has 0 heterocycles. The fourth-order valence-electron chi connectivity index (χ4n) is 1.63. The number of amides is 2.